The van der Waals surface area contributed by atoms with Gasteiger partial charge in [0.2, 0.25) is 0 Å². The SMILES string of the molecule is Cc1cc2c(cc1C)C(C(F)(F)F)c1cc(C)c(C)cc1O2. The van der Waals surface area contributed by atoms with Gasteiger partial charge in [0.15, 0.2) is 0 Å². The van der Waals surface area contributed by atoms with E-state index in [1.54, 1.807) is 24.3 Å². The Morgan fingerprint density at radius 2 is 1.09 bits per heavy atom. The van der Waals surface area contributed by atoms with E-state index in [1.807, 2.05) is 27.7 Å². The highest BCUT2D eigenvalue weighted by atomic mass is 19.4. The predicted octanol–water partition coefficient (Wildman–Crippen LogP) is 5.72. The van der Waals surface area contributed by atoms with Gasteiger partial charge in [-0.1, -0.05) is 12.1 Å². The smallest absolute Gasteiger partial charge is 0.399 e. The van der Waals surface area contributed by atoms with Crippen molar-refractivity contribution in [1.29, 1.82) is 0 Å². The first-order chi connectivity index (χ1) is 10.2. The molecule has 0 unspecified atom stereocenters. The Kier molecular flexibility index (Phi) is 3.24. The summed E-state index contributed by atoms with van der Waals surface area (Å²) in [6.45, 7) is 7.38. The highest BCUT2D eigenvalue weighted by molar-refractivity contribution is 5.58. The van der Waals surface area contributed by atoms with E-state index in [1.165, 1.54) is 0 Å². The van der Waals surface area contributed by atoms with Crippen molar-refractivity contribution in [2.24, 2.45) is 0 Å². The number of benzene rings is 2. The maximum Gasteiger partial charge on any atom is 0.399 e. The topological polar surface area (TPSA) is 9.23 Å². The molecule has 0 atom stereocenters. The predicted molar refractivity (Wildman–Crippen MR) is 79.8 cm³/mol. The first-order valence-corrected chi connectivity index (χ1v) is 7.15. The molecule has 0 amide bonds. The van der Waals surface area contributed by atoms with Crippen LogP contribution in [0.1, 0.15) is 39.3 Å². The normalized spacial score (nSPS) is 14.3. The number of hydrogen-bond acceptors (Lipinski definition) is 1. The van der Waals surface area contributed by atoms with E-state index in [2.05, 4.69) is 0 Å². The van der Waals surface area contributed by atoms with Crippen LogP contribution in [0.3, 0.4) is 0 Å². The lowest BCUT2D eigenvalue weighted by Gasteiger charge is -2.31. The van der Waals surface area contributed by atoms with Crippen molar-refractivity contribution in [1.82, 2.24) is 0 Å². The second-order valence-electron chi connectivity index (χ2n) is 6.03. The standard InChI is InChI=1S/C18H17F3O/c1-9-5-13-15(7-11(9)3)22-16-8-12(4)10(2)6-14(16)17(13)18(19,20)21/h5-8,17H,1-4H3. The molecule has 1 heterocycles. The first-order valence-electron chi connectivity index (χ1n) is 7.15. The van der Waals surface area contributed by atoms with E-state index in [0.29, 0.717) is 11.5 Å². The molecule has 1 aliphatic rings. The molecule has 0 saturated heterocycles. The summed E-state index contributed by atoms with van der Waals surface area (Å²) in [6.07, 6.45) is -4.35. The monoisotopic (exact) mass is 306 g/mol. The summed E-state index contributed by atoms with van der Waals surface area (Å²) in [5.41, 5.74) is 3.92. The van der Waals surface area contributed by atoms with Gasteiger partial charge in [0.05, 0.1) is 0 Å². The van der Waals surface area contributed by atoms with Gasteiger partial charge >= 0.3 is 6.18 Å². The maximum absolute atomic E-state index is 13.7. The van der Waals surface area contributed by atoms with Gasteiger partial charge in [0.25, 0.3) is 0 Å². The third kappa shape index (κ3) is 2.27. The summed E-state index contributed by atoms with van der Waals surface area (Å²) in [5, 5.41) is 0. The lowest BCUT2D eigenvalue weighted by molar-refractivity contribution is -0.142. The number of halogens is 3. The third-order valence-corrected chi connectivity index (χ3v) is 4.42. The van der Waals surface area contributed by atoms with Gasteiger partial charge in [-0.2, -0.15) is 13.2 Å². The first kappa shape index (κ1) is 14.9. The Morgan fingerprint density at radius 1 is 0.727 bits per heavy atom. The molecule has 0 bridgehead atoms. The van der Waals surface area contributed by atoms with Crippen LogP contribution in [0.2, 0.25) is 0 Å². The Balaban J connectivity index is 2.29. The van der Waals surface area contributed by atoms with E-state index >= 15 is 0 Å². The summed E-state index contributed by atoms with van der Waals surface area (Å²) in [5.74, 6) is -1.02. The fourth-order valence-electron chi connectivity index (χ4n) is 2.89. The highest BCUT2D eigenvalue weighted by Gasteiger charge is 2.47. The van der Waals surface area contributed by atoms with Crippen LogP contribution in [-0.2, 0) is 0 Å². The van der Waals surface area contributed by atoms with E-state index in [9.17, 15) is 13.2 Å². The second-order valence-corrected chi connectivity index (χ2v) is 6.03. The van der Waals surface area contributed by atoms with Gasteiger partial charge < -0.3 is 4.74 Å². The van der Waals surface area contributed by atoms with Crippen LogP contribution < -0.4 is 4.74 Å². The lowest BCUT2D eigenvalue weighted by atomic mass is 9.84. The van der Waals surface area contributed by atoms with Crippen LogP contribution in [0.25, 0.3) is 0 Å². The quantitative estimate of drug-likeness (QED) is 0.605. The van der Waals surface area contributed by atoms with Crippen LogP contribution >= 0.6 is 0 Å². The summed E-state index contributed by atoms with van der Waals surface area (Å²) in [4.78, 5) is 0. The molecule has 0 N–H and O–H groups in total. The fourth-order valence-corrected chi connectivity index (χ4v) is 2.89. The molecule has 4 heteroatoms. The third-order valence-electron chi connectivity index (χ3n) is 4.42. The molecular weight excluding hydrogens is 289 g/mol. The highest BCUT2D eigenvalue weighted by Crippen LogP contribution is 2.52. The molecular formula is C18H17F3O. The molecule has 2 aromatic carbocycles. The molecule has 1 nitrogen and oxygen atoms in total. The van der Waals surface area contributed by atoms with Crippen molar-refractivity contribution in [2.45, 2.75) is 39.8 Å². The number of hydrogen-bond donors (Lipinski definition) is 0. The summed E-state index contributed by atoms with van der Waals surface area (Å²) < 4.78 is 46.9. The van der Waals surface area contributed by atoms with Crippen molar-refractivity contribution in [3.63, 3.8) is 0 Å². The molecule has 0 aromatic heterocycles. The van der Waals surface area contributed by atoms with Crippen LogP contribution in [0.4, 0.5) is 13.2 Å². The van der Waals surface area contributed by atoms with E-state index < -0.39 is 12.1 Å². The number of ether oxygens (including phenoxy) is 1. The minimum absolute atomic E-state index is 0.200. The summed E-state index contributed by atoms with van der Waals surface area (Å²) >= 11 is 0. The number of alkyl halides is 3. The van der Waals surface area contributed by atoms with Crippen LogP contribution in [-0.4, -0.2) is 6.18 Å². The molecule has 0 spiro atoms. The molecule has 0 saturated carbocycles. The minimum Gasteiger partial charge on any atom is -0.457 e. The van der Waals surface area contributed by atoms with Gasteiger partial charge in [-0.3, -0.25) is 0 Å². The molecule has 116 valence electrons. The van der Waals surface area contributed by atoms with E-state index in [4.69, 9.17) is 4.74 Å². The molecule has 0 fully saturated rings. The van der Waals surface area contributed by atoms with Crippen molar-refractivity contribution < 1.29 is 17.9 Å². The second kappa shape index (κ2) is 4.77. The Hall–Kier alpha value is -1.97. The molecule has 3 rings (SSSR count). The molecule has 22 heavy (non-hydrogen) atoms. The Labute approximate surface area is 127 Å². The van der Waals surface area contributed by atoms with Crippen molar-refractivity contribution >= 4 is 0 Å². The average molecular weight is 306 g/mol. The van der Waals surface area contributed by atoms with E-state index in [0.717, 1.165) is 22.3 Å². The zero-order valence-corrected chi connectivity index (χ0v) is 12.9. The van der Waals surface area contributed by atoms with Crippen LogP contribution in [0.15, 0.2) is 24.3 Å². The number of rotatable bonds is 0. The molecule has 2 aromatic rings. The van der Waals surface area contributed by atoms with Gasteiger partial charge in [-0.05, 0) is 62.1 Å². The summed E-state index contributed by atoms with van der Waals surface area (Å²) in [7, 11) is 0. The minimum atomic E-state index is -4.35. The Morgan fingerprint density at radius 3 is 1.45 bits per heavy atom. The number of aryl methyl sites for hydroxylation is 4. The van der Waals surface area contributed by atoms with Crippen molar-refractivity contribution in [2.75, 3.05) is 0 Å². The Bertz CT molecular complexity index is 702. The van der Waals surface area contributed by atoms with Gasteiger partial charge in [-0.25, -0.2) is 0 Å². The molecule has 0 radical (unpaired) electrons. The number of fused-ring (bicyclic) bond motifs is 2. The van der Waals surface area contributed by atoms with Gasteiger partial charge in [-0.15, -0.1) is 0 Å². The maximum atomic E-state index is 13.7. The van der Waals surface area contributed by atoms with Crippen LogP contribution in [0.5, 0.6) is 11.5 Å². The van der Waals surface area contributed by atoms with Crippen molar-refractivity contribution in [3.8, 4) is 11.5 Å². The zero-order chi connectivity index (χ0) is 16.2. The largest absolute Gasteiger partial charge is 0.457 e. The zero-order valence-electron chi connectivity index (χ0n) is 12.9. The average Bonchev–Trinajstić information content (AvgIpc) is 2.38. The van der Waals surface area contributed by atoms with E-state index in [-0.39, 0.29) is 11.1 Å². The fraction of sp³-hybridized carbons (Fsp3) is 0.333. The summed E-state index contributed by atoms with van der Waals surface area (Å²) in [6, 6.07) is 6.59. The van der Waals surface area contributed by atoms with Crippen molar-refractivity contribution in [3.05, 3.63) is 57.6 Å². The van der Waals surface area contributed by atoms with Gasteiger partial charge in [0.1, 0.15) is 17.4 Å². The van der Waals surface area contributed by atoms with Gasteiger partial charge in [0, 0.05) is 11.1 Å². The molecule has 1 aliphatic heterocycles. The lowest BCUT2D eigenvalue weighted by Crippen LogP contribution is -2.25. The molecule has 0 aliphatic carbocycles. The van der Waals surface area contributed by atoms with Crippen LogP contribution in [0, 0.1) is 27.7 Å².